The van der Waals surface area contributed by atoms with E-state index in [9.17, 15) is 8.42 Å². The highest BCUT2D eigenvalue weighted by molar-refractivity contribution is 9.10. The van der Waals surface area contributed by atoms with Crippen LogP contribution in [0.1, 0.15) is 31.3 Å². The molecule has 2 aromatic rings. The Hall–Kier alpha value is -0.920. The first-order chi connectivity index (χ1) is 9.29. The normalized spacial score (nSPS) is 12.1. The van der Waals surface area contributed by atoms with E-state index in [2.05, 4.69) is 26.1 Å². The topological polar surface area (TPSA) is 64.8 Å². The summed E-state index contributed by atoms with van der Waals surface area (Å²) in [6.07, 6.45) is 0.491. The second-order valence-corrected chi connectivity index (χ2v) is 7.98. The highest BCUT2D eigenvalue weighted by Crippen LogP contribution is 2.21. The molecular formula is C12H13BrClN3O2S. The molecule has 0 aliphatic carbocycles. The predicted octanol–water partition coefficient (Wildman–Crippen LogP) is 3.14. The van der Waals surface area contributed by atoms with E-state index in [1.165, 1.54) is 0 Å². The maximum absolute atomic E-state index is 11.5. The number of halogens is 2. The predicted molar refractivity (Wildman–Crippen MR) is 80.4 cm³/mol. The summed E-state index contributed by atoms with van der Waals surface area (Å²) in [7, 11) is 1.48. The van der Waals surface area contributed by atoms with Crippen molar-refractivity contribution in [2.45, 2.75) is 31.5 Å². The molecule has 0 saturated heterocycles. The van der Waals surface area contributed by atoms with Gasteiger partial charge < -0.3 is 0 Å². The lowest BCUT2D eigenvalue weighted by atomic mass is 10.1. The standard InChI is InChI=1S/C12H13BrClN3O2S/c1-8(2)17-11(15-16-12(17)20(14,18)19)7-9-3-5-10(13)6-4-9/h3-6,8H,7H2,1-2H3. The molecule has 20 heavy (non-hydrogen) atoms. The van der Waals surface area contributed by atoms with Gasteiger partial charge in [-0.2, -0.15) is 0 Å². The van der Waals surface area contributed by atoms with Crippen molar-refractivity contribution in [1.29, 1.82) is 0 Å². The summed E-state index contributed by atoms with van der Waals surface area (Å²) in [6, 6.07) is 7.63. The summed E-state index contributed by atoms with van der Waals surface area (Å²) in [6.45, 7) is 3.72. The second-order valence-electron chi connectivity index (χ2n) is 4.60. The number of aromatic nitrogens is 3. The average molecular weight is 379 g/mol. The van der Waals surface area contributed by atoms with Crippen LogP contribution in [0.3, 0.4) is 0 Å². The summed E-state index contributed by atoms with van der Waals surface area (Å²) in [5, 5.41) is 7.46. The summed E-state index contributed by atoms with van der Waals surface area (Å²) in [5.74, 6) is 0.571. The molecular weight excluding hydrogens is 366 g/mol. The molecule has 5 nitrogen and oxygen atoms in total. The van der Waals surface area contributed by atoms with Crippen LogP contribution in [0.5, 0.6) is 0 Å². The minimum atomic E-state index is -3.90. The van der Waals surface area contributed by atoms with Crippen molar-refractivity contribution in [2.75, 3.05) is 0 Å². The Balaban J connectivity index is 2.42. The molecule has 0 atom stereocenters. The fourth-order valence-electron chi connectivity index (χ4n) is 1.90. The van der Waals surface area contributed by atoms with Crippen LogP contribution >= 0.6 is 26.6 Å². The van der Waals surface area contributed by atoms with E-state index < -0.39 is 9.05 Å². The lowest BCUT2D eigenvalue weighted by molar-refractivity contribution is 0.512. The maximum atomic E-state index is 11.5. The Labute approximate surface area is 130 Å². The molecule has 0 radical (unpaired) electrons. The van der Waals surface area contributed by atoms with Gasteiger partial charge in [0.25, 0.3) is 14.2 Å². The van der Waals surface area contributed by atoms with Crippen LogP contribution < -0.4 is 0 Å². The fraction of sp³-hybridized carbons (Fsp3) is 0.333. The molecule has 1 aromatic carbocycles. The van der Waals surface area contributed by atoms with Crippen molar-refractivity contribution in [3.8, 4) is 0 Å². The van der Waals surface area contributed by atoms with Gasteiger partial charge in [0.15, 0.2) is 0 Å². The van der Waals surface area contributed by atoms with Gasteiger partial charge in [0.1, 0.15) is 5.82 Å². The van der Waals surface area contributed by atoms with Crippen molar-refractivity contribution in [2.24, 2.45) is 0 Å². The molecule has 0 unspecified atom stereocenters. The van der Waals surface area contributed by atoms with E-state index in [4.69, 9.17) is 10.7 Å². The molecule has 0 amide bonds. The van der Waals surface area contributed by atoms with Gasteiger partial charge in [0.2, 0.25) is 0 Å². The molecule has 0 N–H and O–H groups in total. The lowest BCUT2D eigenvalue weighted by Crippen LogP contribution is -2.12. The first-order valence-corrected chi connectivity index (χ1v) is 9.02. The molecule has 108 valence electrons. The van der Waals surface area contributed by atoms with Crippen molar-refractivity contribution < 1.29 is 8.42 Å². The number of hydrogen-bond acceptors (Lipinski definition) is 4. The molecule has 1 aromatic heterocycles. The van der Waals surface area contributed by atoms with Crippen LogP contribution in [-0.2, 0) is 15.5 Å². The number of nitrogens with zero attached hydrogens (tertiary/aromatic N) is 3. The Kier molecular flexibility index (Phi) is 4.51. The molecule has 0 spiro atoms. The number of rotatable bonds is 4. The third-order valence-corrected chi connectivity index (χ3v) is 4.40. The number of benzene rings is 1. The van der Waals surface area contributed by atoms with Crippen LogP contribution in [0.25, 0.3) is 0 Å². The summed E-state index contributed by atoms with van der Waals surface area (Å²) in [5.41, 5.74) is 1.01. The average Bonchev–Trinajstić information content (AvgIpc) is 2.75. The monoisotopic (exact) mass is 377 g/mol. The third-order valence-electron chi connectivity index (χ3n) is 2.75. The Morgan fingerprint density at radius 2 is 1.85 bits per heavy atom. The molecule has 0 fully saturated rings. The van der Waals surface area contributed by atoms with Crippen molar-refractivity contribution in [1.82, 2.24) is 14.8 Å². The largest absolute Gasteiger partial charge is 0.298 e. The zero-order valence-corrected chi connectivity index (χ0v) is 14.1. The molecule has 0 aliphatic rings. The van der Waals surface area contributed by atoms with E-state index in [-0.39, 0.29) is 11.2 Å². The summed E-state index contributed by atoms with van der Waals surface area (Å²) in [4.78, 5) is 0. The molecule has 2 rings (SSSR count). The SMILES string of the molecule is CC(C)n1c(Cc2ccc(Br)cc2)nnc1S(=O)(=O)Cl. The molecule has 0 saturated carbocycles. The van der Waals surface area contributed by atoms with Gasteiger partial charge in [-0.3, -0.25) is 4.57 Å². The highest BCUT2D eigenvalue weighted by Gasteiger charge is 2.24. The summed E-state index contributed by atoms with van der Waals surface area (Å²) < 4.78 is 25.5. The fourth-order valence-corrected chi connectivity index (χ4v) is 3.17. The van der Waals surface area contributed by atoms with Crippen molar-refractivity contribution in [3.63, 3.8) is 0 Å². The van der Waals surface area contributed by atoms with E-state index in [0.717, 1.165) is 10.0 Å². The van der Waals surface area contributed by atoms with Gasteiger partial charge in [-0.25, -0.2) is 8.42 Å². The quantitative estimate of drug-likeness (QED) is 0.767. The van der Waals surface area contributed by atoms with Gasteiger partial charge in [-0.15, -0.1) is 10.2 Å². The van der Waals surface area contributed by atoms with E-state index in [1.54, 1.807) is 4.57 Å². The van der Waals surface area contributed by atoms with Crippen molar-refractivity contribution >= 4 is 35.7 Å². The Morgan fingerprint density at radius 1 is 1.25 bits per heavy atom. The molecule has 0 bridgehead atoms. The lowest BCUT2D eigenvalue weighted by Gasteiger charge is -2.12. The number of hydrogen-bond donors (Lipinski definition) is 0. The minimum absolute atomic E-state index is 0.0982. The maximum Gasteiger partial charge on any atom is 0.296 e. The van der Waals surface area contributed by atoms with Crippen LogP contribution in [0, 0.1) is 0 Å². The zero-order chi connectivity index (χ0) is 14.9. The van der Waals surface area contributed by atoms with Gasteiger partial charge >= 0.3 is 0 Å². The van der Waals surface area contributed by atoms with E-state index in [0.29, 0.717) is 12.2 Å². The Morgan fingerprint density at radius 3 is 2.35 bits per heavy atom. The third kappa shape index (κ3) is 3.39. The smallest absolute Gasteiger partial charge is 0.296 e. The minimum Gasteiger partial charge on any atom is -0.298 e. The zero-order valence-electron chi connectivity index (χ0n) is 10.9. The van der Waals surface area contributed by atoms with E-state index >= 15 is 0 Å². The molecule has 8 heteroatoms. The van der Waals surface area contributed by atoms with Gasteiger partial charge in [-0.1, -0.05) is 28.1 Å². The van der Waals surface area contributed by atoms with E-state index in [1.807, 2.05) is 38.1 Å². The molecule has 1 heterocycles. The highest BCUT2D eigenvalue weighted by atomic mass is 79.9. The van der Waals surface area contributed by atoms with Gasteiger partial charge in [0, 0.05) is 27.6 Å². The summed E-state index contributed by atoms with van der Waals surface area (Å²) >= 11 is 3.37. The first kappa shape index (κ1) is 15.5. The molecule has 0 aliphatic heterocycles. The second kappa shape index (κ2) is 5.83. The Bertz CT molecular complexity index is 711. The van der Waals surface area contributed by atoms with Gasteiger partial charge in [0.05, 0.1) is 0 Å². The first-order valence-electron chi connectivity index (χ1n) is 5.92. The van der Waals surface area contributed by atoms with Crippen LogP contribution in [0.4, 0.5) is 0 Å². The van der Waals surface area contributed by atoms with Gasteiger partial charge in [-0.05, 0) is 31.5 Å². The van der Waals surface area contributed by atoms with Crippen LogP contribution in [0.2, 0.25) is 0 Å². The van der Waals surface area contributed by atoms with Crippen LogP contribution in [-0.4, -0.2) is 23.2 Å². The van der Waals surface area contributed by atoms with Crippen LogP contribution in [0.15, 0.2) is 33.9 Å². The van der Waals surface area contributed by atoms with Crippen molar-refractivity contribution in [3.05, 3.63) is 40.1 Å².